The van der Waals surface area contributed by atoms with Gasteiger partial charge in [-0.05, 0) is 31.2 Å². The third-order valence-electron chi connectivity index (χ3n) is 1.92. The van der Waals surface area contributed by atoms with Gasteiger partial charge in [-0.15, -0.1) is 0 Å². The number of hydrogen-bond acceptors (Lipinski definition) is 5. The fraction of sp³-hybridized carbons (Fsp3) is 0.100. The van der Waals surface area contributed by atoms with Crippen molar-refractivity contribution in [2.24, 2.45) is 0 Å². The van der Waals surface area contributed by atoms with Crippen LogP contribution in [0.15, 0.2) is 24.3 Å². The van der Waals surface area contributed by atoms with Crippen LogP contribution in [0.4, 0.5) is 10.8 Å². The highest BCUT2D eigenvalue weighted by Gasteiger charge is 2.08. The molecule has 0 spiro atoms. The highest BCUT2D eigenvalue weighted by Crippen LogP contribution is 2.12. The molecule has 1 heterocycles. The molecular formula is C10H10N4OS. The molecular weight excluding hydrogens is 224 g/mol. The molecule has 0 aliphatic heterocycles. The Morgan fingerprint density at radius 3 is 2.62 bits per heavy atom. The quantitative estimate of drug-likeness (QED) is 0.775. The second kappa shape index (κ2) is 4.28. The van der Waals surface area contributed by atoms with Gasteiger partial charge in [0.2, 0.25) is 5.13 Å². The molecule has 0 aliphatic rings. The lowest BCUT2D eigenvalue weighted by atomic mass is 10.2. The molecule has 1 aromatic heterocycles. The highest BCUT2D eigenvalue weighted by molar-refractivity contribution is 7.09. The molecule has 2 aromatic rings. The maximum atomic E-state index is 11.7. The van der Waals surface area contributed by atoms with E-state index in [1.807, 2.05) is 0 Å². The molecule has 2 rings (SSSR count). The van der Waals surface area contributed by atoms with Crippen LogP contribution >= 0.6 is 11.5 Å². The van der Waals surface area contributed by atoms with Crippen molar-refractivity contribution in [2.45, 2.75) is 6.92 Å². The fourth-order valence-corrected chi connectivity index (χ4v) is 1.72. The Morgan fingerprint density at radius 1 is 1.38 bits per heavy atom. The predicted molar refractivity (Wildman–Crippen MR) is 63.5 cm³/mol. The Bertz CT molecular complexity index is 506. The Labute approximate surface area is 96.5 Å². The van der Waals surface area contributed by atoms with Gasteiger partial charge in [-0.25, -0.2) is 4.98 Å². The largest absolute Gasteiger partial charge is 0.399 e. The van der Waals surface area contributed by atoms with Gasteiger partial charge >= 0.3 is 0 Å². The molecule has 3 N–H and O–H groups in total. The van der Waals surface area contributed by atoms with Crippen molar-refractivity contribution in [3.8, 4) is 0 Å². The minimum atomic E-state index is -0.212. The first kappa shape index (κ1) is 10.6. The SMILES string of the molecule is Cc1nsc(NC(=O)c2ccc(N)cc2)n1. The van der Waals surface area contributed by atoms with Crippen molar-refractivity contribution in [1.29, 1.82) is 0 Å². The van der Waals surface area contributed by atoms with Gasteiger partial charge in [-0.2, -0.15) is 4.37 Å². The van der Waals surface area contributed by atoms with Gasteiger partial charge in [0.15, 0.2) is 0 Å². The van der Waals surface area contributed by atoms with Crippen LogP contribution in [-0.2, 0) is 0 Å². The number of nitrogen functional groups attached to an aromatic ring is 1. The Balaban J connectivity index is 2.11. The van der Waals surface area contributed by atoms with Crippen LogP contribution in [-0.4, -0.2) is 15.3 Å². The third-order valence-corrected chi connectivity index (χ3v) is 2.64. The van der Waals surface area contributed by atoms with Crippen molar-refractivity contribution < 1.29 is 4.79 Å². The number of nitrogens with zero attached hydrogens (tertiary/aromatic N) is 2. The van der Waals surface area contributed by atoms with Gasteiger partial charge in [0.25, 0.3) is 5.91 Å². The predicted octanol–water partition coefficient (Wildman–Crippen LogP) is 1.68. The van der Waals surface area contributed by atoms with E-state index in [9.17, 15) is 4.79 Å². The number of rotatable bonds is 2. The van der Waals surface area contributed by atoms with E-state index in [0.717, 1.165) is 11.5 Å². The summed E-state index contributed by atoms with van der Waals surface area (Å²) in [6.07, 6.45) is 0. The van der Waals surface area contributed by atoms with Crippen LogP contribution in [0.5, 0.6) is 0 Å². The molecule has 5 nitrogen and oxygen atoms in total. The number of anilines is 2. The van der Waals surface area contributed by atoms with Crippen molar-refractivity contribution >= 4 is 28.3 Å². The first-order valence-corrected chi connectivity index (χ1v) is 5.40. The highest BCUT2D eigenvalue weighted by atomic mass is 32.1. The Hall–Kier alpha value is -1.95. The zero-order valence-electron chi connectivity index (χ0n) is 8.60. The van der Waals surface area contributed by atoms with Crippen LogP contribution in [0, 0.1) is 6.92 Å². The van der Waals surface area contributed by atoms with E-state index in [1.165, 1.54) is 0 Å². The zero-order valence-corrected chi connectivity index (χ0v) is 9.41. The number of aromatic nitrogens is 2. The smallest absolute Gasteiger partial charge is 0.257 e. The summed E-state index contributed by atoms with van der Waals surface area (Å²) in [6, 6.07) is 6.69. The maximum Gasteiger partial charge on any atom is 0.257 e. The molecule has 82 valence electrons. The van der Waals surface area contributed by atoms with E-state index in [2.05, 4.69) is 14.7 Å². The fourth-order valence-electron chi connectivity index (χ4n) is 1.15. The molecule has 0 bridgehead atoms. The molecule has 0 aliphatic carbocycles. The van der Waals surface area contributed by atoms with E-state index >= 15 is 0 Å². The number of carbonyl (C=O) groups excluding carboxylic acids is 1. The minimum Gasteiger partial charge on any atom is -0.399 e. The number of carbonyl (C=O) groups is 1. The minimum absolute atomic E-state index is 0.212. The van der Waals surface area contributed by atoms with Gasteiger partial charge in [-0.3, -0.25) is 10.1 Å². The van der Waals surface area contributed by atoms with Crippen molar-refractivity contribution in [3.05, 3.63) is 35.7 Å². The second-order valence-corrected chi connectivity index (χ2v) is 3.97. The summed E-state index contributed by atoms with van der Waals surface area (Å²) in [5.41, 5.74) is 6.70. The average Bonchev–Trinajstić information content (AvgIpc) is 2.65. The molecule has 1 aromatic carbocycles. The number of benzene rings is 1. The summed E-state index contributed by atoms with van der Waals surface area (Å²) < 4.78 is 3.97. The summed E-state index contributed by atoms with van der Waals surface area (Å²) in [5.74, 6) is 0.439. The van der Waals surface area contributed by atoms with E-state index in [-0.39, 0.29) is 5.91 Å². The second-order valence-electron chi connectivity index (χ2n) is 3.22. The van der Waals surface area contributed by atoms with E-state index in [1.54, 1.807) is 31.2 Å². The summed E-state index contributed by atoms with van der Waals surface area (Å²) >= 11 is 1.16. The zero-order chi connectivity index (χ0) is 11.5. The van der Waals surface area contributed by atoms with Gasteiger partial charge in [0.1, 0.15) is 5.82 Å². The summed E-state index contributed by atoms with van der Waals surface area (Å²) in [5, 5.41) is 3.16. The lowest BCUT2D eigenvalue weighted by Crippen LogP contribution is -2.11. The topological polar surface area (TPSA) is 80.9 Å². The van der Waals surface area contributed by atoms with Gasteiger partial charge in [0.05, 0.1) is 0 Å². The molecule has 0 saturated heterocycles. The number of aryl methyl sites for hydroxylation is 1. The standard InChI is InChI=1S/C10H10N4OS/c1-6-12-10(16-14-6)13-9(15)7-2-4-8(11)5-3-7/h2-5H,11H2,1H3,(H,12,13,14,15). The van der Waals surface area contributed by atoms with Crippen molar-refractivity contribution in [3.63, 3.8) is 0 Å². The lowest BCUT2D eigenvalue weighted by molar-refractivity contribution is 0.102. The average molecular weight is 234 g/mol. The van der Waals surface area contributed by atoms with Gasteiger partial charge in [0, 0.05) is 22.8 Å². The van der Waals surface area contributed by atoms with E-state index in [0.29, 0.717) is 22.2 Å². The molecule has 0 atom stereocenters. The van der Waals surface area contributed by atoms with Crippen LogP contribution in [0.2, 0.25) is 0 Å². The molecule has 0 radical (unpaired) electrons. The first-order chi connectivity index (χ1) is 7.65. The van der Waals surface area contributed by atoms with Crippen LogP contribution in [0.25, 0.3) is 0 Å². The summed E-state index contributed by atoms with van der Waals surface area (Å²) in [6.45, 7) is 1.77. The van der Waals surface area contributed by atoms with E-state index in [4.69, 9.17) is 5.73 Å². The number of amides is 1. The van der Waals surface area contributed by atoms with Crippen LogP contribution in [0.1, 0.15) is 16.2 Å². The third kappa shape index (κ3) is 2.34. The summed E-state index contributed by atoms with van der Waals surface area (Å²) in [4.78, 5) is 15.8. The number of nitrogens with two attached hydrogens (primary N) is 1. The van der Waals surface area contributed by atoms with Crippen LogP contribution < -0.4 is 11.1 Å². The van der Waals surface area contributed by atoms with Crippen LogP contribution in [0.3, 0.4) is 0 Å². The molecule has 0 fully saturated rings. The Morgan fingerprint density at radius 2 is 2.06 bits per heavy atom. The number of hydrogen-bond donors (Lipinski definition) is 2. The maximum absolute atomic E-state index is 11.7. The monoisotopic (exact) mass is 234 g/mol. The Kier molecular flexibility index (Phi) is 2.82. The molecule has 1 amide bonds. The first-order valence-electron chi connectivity index (χ1n) is 4.62. The van der Waals surface area contributed by atoms with E-state index < -0.39 is 0 Å². The van der Waals surface area contributed by atoms with Gasteiger partial charge in [-0.1, -0.05) is 0 Å². The molecule has 6 heteroatoms. The molecule has 16 heavy (non-hydrogen) atoms. The lowest BCUT2D eigenvalue weighted by Gasteiger charge is -2.01. The van der Waals surface area contributed by atoms with Crippen molar-refractivity contribution in [2.75, 3.05) is 11.1 Å². The molecule has 0 unspecified atom stereocenters. The van der Waals surface area contributed by atoms with Crippen molar-refractivity contribution in [1.82, 2.24) is 9.36 Å². The molecule has 0 saturated carbocycles. The normalized spacial score (nSPS) is 10.1. The number of nitrogens with one attached hydrogen (secondary N) is 1. The van der Waals surface area contributed by atoms with Gasteiger partial charge < -0.3 is 5.73 Å². The summed E-state index contributed by atoms with van der Waals surface area (Å²) in [7, 11) is 0.